The zero-order chi connectivity index (χ0) is 24.3. The molecule has 0 aliphatic heterocycles. The first-order valence-electron chi connectivity index (χ1n) is 9.56. The zero-order valence-corrected chi connectivity index (χ0v) is 18.3. The van der Waals surface area contributed by atoms with E-state index < -0.39 is 29.6 Å². The molecule has 1 atom stereocenters. The van der Waals surface area contributed by atoms with Gasteiger partial charge in [0.1, 0.15) is 27.7 Å². The molecule has 1 unspecified atom stereocenters. The number of hydrogen-bond acceptors (Lipinski definition) is 8. The molecule has 2 heterocycles. The van der Waals surface area contributed by atoms with E-state index in [2.05, 4.69) is 25.6 Å². The summed E-state index contributed by atoms with van der Waals surface area (Å²) < 4.78 is 39.3. The molecule has 33 heavy (non-hydrogen) atoms. The summed E-state index contributed by atoms with van der Waals surface area (Å²) in [4.78, 5) is 37.1. The van der Waals surface area contributed by atoms with Crippen molar-refractivity contribution in [2.45, 2.75) is 32.6 Å². The number of nitrogen functional groups attached to an aromatic ring is 1. The van der Waals surface area contributed by atoms with Crippen LogP contribution in [-0.4, -0.2) is 26.8 Å². The van der Waals surface area contributed by atoms with Gasteiger partial charge < -0.3 is 22.1 Å². The number of nitrogens with one attached hydrogen (secondary N) is 2. The van der Waals surface area contributed by atoms with E-state index >= 15 is 0 Å². The van der Waals surface area contributed by atoms with Crippen molar-refractivity contribution in [3.05, 3.63) is 63.0 Å². The molecule has 1 aromatic carbocycles. The second-order valence-corrected chi connectivity index (χ2v) is 8.09. The van der Waals surface area contributed by atoms with Gasteiger partial charge in [-0.3, -0.25) is 9.59 Å². The standard InChI is InChI=1S/C20H20F3N7O2S/c1-9-3-4-11(5-13(9)20(21,22)23)30-17(31)14-7-26-19(33-14)10(2)29-18(32)15-12(6-24)16(25)28-8-27-15/h3-5,7-8,10H,6,24H2,1-2H3,(H,29,32)(H,30,31)(H2,25,27,28). The largest absolute Gasteiger partial charge is 0.416 e. The highest BCUT2D eigenvalue weighted by Gasteiger charge is 2.32. The Morgan fingerprint density at radius 1 is 1.18 bits per heavy atom. The predicted octanol–water partition coefficient (Wildman–Crippen LogP) is 3.04. The van der Waals surface area contributed by atoms with Gasteiger partial charge in [-0.2, -0.15) is 13.2 Å². The summed E-state index contributed by atoms with van der Waals surface area (Å²) in [7, 11) is 0. The number of alkyl halides is 3. The number of carbonyl (C=O) groups is 2. The van der Waals surface area contributed by atoms with Gasteiger partial charge in [-0.25, -0.2) is 15.0 Å². The molecular formula is C20H20F3N7O2S. The van der Waals surface area contributed by atoms with Crippen LogP contribution in [0.5, 0.6) is 0 Å². The van der Waals surface area contributed by atoms with Crippen molar-refractivity contribution >= 4 is 34.7 Å². The van der Waals surface area contributed by atoms with Crippen LogP contribution < -0.4 is 22.1 Å². The van der Waals surface area contributed by atoms with Gasteiger partial charge >= 0.3 is 6.18 Å². The number of carbonyl (C=O) groups excluding carboxylic acids is 2. The Labute approximate surface area is 190 Å². The second-order valence-electron chi connectivity index (χ2n) is 7.03. The summed E-state index contributed by atoms with van der Waals surface area (Å²) in [6.45, 7) is 2.97. The van der Waals surface area contributed by atoms with E-state index in [1.807, 2.05) is 0 Å². The van der Waals surface area contributed by atoms with Crippen LogP contribution in [0.25, 0.3) is 0 Å². The molecule has 0 spiro atoms. The van der Waals surface area contributed by atoms with Crippen LogP contribution >= 0.6 is 11.3 Å². The molecule has 2 amide bonds. The predicted molar refractivity (Wildman–Crippen MR) is 116 cm³/mol. The molecule has 3 aromatic rings. The Morgan fingerprint density at radius 2 is 1.91 bits per heavy atom. The Kier molecular flexibility index (Phi) is 6.93. The summed E-state index contributed by atoms with van der Waals surface area (Å²) >= 11 is 0.989. The topological polar surface area (TPSA) is 149 Å². The first kappa shape index (κ1) is 24.1. The summed E-state index contributed by atoms with van der Waals surface area (Å²) in [6, 6.07) is 2.95. The lowest BCUT2D eigenvalue weighted by Gasteiger charge is -2.13. The lowest BCUT2D eigenvalue weighted by molar-refractivity contribution is -0.138. The van der Waals surface area contributed by atoms with E-state index in [9.17, 15) is 22.8 Å². The number of amides is 2. The maximum Gasteiger partial charge on any atom is 0.416 e. The fourth-order valence-electron chi connectivity index (χ4n) is 2.94. The Morgan fingerprint density at radius 3 is 2.58 bits per heavy atom. The molecule has 6 N–H and O–H groups in total. The van der Waals surface area contributed by atoms with Gasteiger partial charge in [0.15, 0.2) is 0 Å². The summed E-state index contributed by atoms with van der Waals surface area (Å²) in [5.41, 5.74) is 10.9. The average molecular weight is 479 g/mol. The number of aromatic nitrogens is 3. The zero-order valence-electron chi connectivity index (χ0n) is 17.5. The summed E-state index contributed by atoms with van der Waals surface area (Å²) in [5, 5.41) is 5.54. The summed E-state index contributed by atoms with van der Waals surface area (Å²) in [6.07, 6.45) is -2.10. The third kappa shape index (κ3) is 5.43. The number of nitrogens with two attached hydrogens (primary N) is 2. The van der Waals surface area contributed by atoms with Gasteiger partial charge in [0, 0.05) is 17.8 Å². The highest BCUT2D eigenvalue weighted by Crippen LogP contribution is 2.33. The number of hydrogen-bond donors (Lipinski definition) is 4. The Balaban J connectivity index is 1.71. The smallest absolute Gasteiger partial charge is 0.383 e. The van der Waals surface area contributed by atoms with E-state index in [1.165, 1.54) is 25.3 Å². The van der Waals surface area contributed by atoms with Crippen LogP contribution in [0.3, 0.4) is 0 Å². The minimum absolute atomic E-state index is 0.00453. The lowest BCUT2D eigenvalue weighted by atomic mass is 10.1. The monoisotopic (exact) mass is 479 g/mol. The highest BCUT2D eigenvalue weighted by atomic mass is 32.1. The number of anilines is 2. The van der Waals surface area contributed by atoms with Crippen molar-refractivity contribution in [3.63, 3.8) is 0 Å². The van der Waals surface area contributed by atoms with Crippen LogP contribution in [0.2, 0.25) is 0 Å². The van der Waals surface area contributed by atoms with E-state index in [1.54, 1.807) is 6.92 Å². The molecule has 174 valence electrons. The Hall–Kier alpha value is -3.58. The van der Waals surface area contributed by atoms with E-state index in [-0.39, 0.29) is 34.2 Å². The molecule has 0 fully saturated rings. The quantitative estimate of drug-likeness (QED) is 0.424. The number of halogens is 3. The molecule has 0 aliphatic carbocycles. The molecular weight excluding hydrogens is 459 g/mol. The van der Waals surface area contributed by atoms with Gasteiger partial charge in [0.05, 0.1) is 17.8 Å². The normalized spacial score (nSPS) is 12.3. The van der Waals surface area contributed by atoms with Gasteiger partial charge in [0.2, 0.25) is 0 Å². The molecule has 13 heteroatoms. The van der Waals surface area contributed by atoms with Gasteiger partial charge in [-0.1, -0.05) is 6.07 Å². The summed E-state index contributed by atoms with van der Waals surface area (Å²) in [5.74, 6) is -1.07. The van der Waals surface area contributed by atoms with E-state index in [0.717, 1.165) is 23.7 Å². The fourth-order valence-corrected chi connectivity index (χ4v) is 3.76. The minimum Gasteiger partial charge on any atom is -0.383 e. The molecule has 0 saturated heterocycles. The molecule has 0 aliphatic rings. The van der Waals surface area contributed by atoms with Gasteiger partial charge in [0.25, 0.3) is 11.8 Å². The number of benzene rings is 1. The molecule has 3 rings (SSSR count). The maximum atomic E-state index is 13.1. The Bertz CT molecular complexity index is 1200. The first-order valence-corrected chi connectivity index (χ1v) is 10.4. The van der Waals surface area contributed by atoms with Crippen molar-refractivity contribution < 1.29 is 22.8 Å². The molecule has 0 bridgehead atoms. The number of nitrogens with zero attached hydrogens (tertiary/aromatic N) is 3. The van der Waals surface area contributed by atoms with Crippen molar-refractivity contribution in [1.29, 1.82) is 0 Å². The van der Waals surface area contributed by atoms with E-state index in [4.69, 9.17) is 11.5 Å². The molecule has 0 radical (unpaired) electrons. The second kappa shape index (κ2) is 9.50. The van der Waals surface area contributed by atoms with Crippen molar-refractivity contribution in [1.82, 2.24) is 20.3 Å². The van der Waals surface area contributed by atoms with Crippen molar-refractivity contribution in [3.8, 4) is 0 Å². The number of aryl methyl sites for hydroxylation is 1. The average Bonchev–Trinajstić information content (AvgIpc) is 3.24. The minimum atomic E-state index is -4.53. The highest BCUT2D eigenvalue weighted by molar-refractivity contribution is 7.13. The number of rotatable bonds is 6. The van der Waals surface area contributed by atoms with Crippen molar-refractivity contribution in [2.75, 3.05) is 11.1 Å². The van der Waals surface area contributed by atoms with Crippen LogP contribution in [-0.2, 0) is 12.7 Å². The first-order chi connectivity index (χ1) is 15.5. The number of thiazole rings is 1. The lowest BCUT2D eigenvalue weighted by Crippen LogP contribution is -2.29. The van der Waals surface area contributed by atoms with Gasteiger partial charge in [-0.05, 0) is 31.5 Å². The van der Waals surface area contributed by atoms with E-state index in [0.29, 0.717) is 10.6 Å². The van der Waals surface area contributed by atoms with Crippen LogP contribution in [0, 0.1) is 6.92 Å². The SMILES string of the molecule is Cc1ccc(NC(=O)c2cnc(C(C)NC(=O)c3ncnc(N)c3CN)s2)cc1C(F)(F)F. The molecule has 2 aromatic heterocycles. The maximum absolute atomic E-state index is 13.1. The van der Waals surface area contributed by atoms with Crippen LogP contribution in [0.1, 0.15) is 54.8 Å². The van der Waals surface area contributed by atoms with Crippen molar-refractivity contribution in [2.24, 2.45) is 5.73 Å². The van der Waals surface area contributed by atoms with Crippen LogP contribution in [0.4, 0.5) is 24.7 Å². The molecule has 0 saturated carbocycles. The third-order valence-electron chi connectivity index (χ3n) is 4.66. The molecule has 9 nitrogen and oxygen atoms in total. The third-order valence-corrected chi connectivity index (χ3v) is 5.84. The fraction of sp³-hybridized carbons (Fsp3) is 0.250. The van der Waals surface area contributed by atoms with Crippen LogP contribution in [0.15, 0.2) is 30.7 Å². The van der Waals surface area contributed by atoms with Gasteiger partial charge in [-0.15, -0.1) is 11.3 Å².